The minimum absolute atomic E-state index is 0.270. The molecule has 0 fully saturated rings. The van der Waals surface area contributed by atoms with Gasteiger partial charge in [0.15, 0.2) is 0 Å². The van der Waals surface area contributed by atoms with E-state index in [0.29, 0.717) is 0 Å². The fourth-order valence-corrected chi connectivity index (χ4v) is 3.46. The number of rotatable bonds is 4. The number of benzene rings is 3. The van der Waals surface area contributed by atoms with E-state index in [-0.39, 0.29) is 5.25 Å². The van der Waals surface area contributed by atoms with Gasteiger partial charge in [-0.2, -0.15) is 0 Å². The molecule has 1 atom stereocenters. The van der Waals surface area contributed by atoms with E-state index >= 15 is 0 Å². The molecule has 0 spiro atoms. The molecule has 3 aromatic rings. The van der Waals surface area contributed by atoms with Gasteiger partial charge in [-0.25, -0.2) is 0 Å². The molecule has 3 aromatic carbocycles. The molecule has 108 valence electrons. The van der Waals surface area contributed by atoms with E-state index in [1.54, 1.807) is 0 Å². The molecule has 0 aliphatic carbocycles. The first-order chi connectivity index (χ1) is 10.8. The first-order valence-electron chi connectivity index (χ1n) is 7.35. The highest BCUT2D eigenvalue weighted by Crippen LogP contribution is 2.36. The van der Waals surface area contributed by atoms with Crippen LogP contribution in [0, 0.1) is 0 Å². The van der Waals surface area contributed by atoms with E-state index in [0.717, 1.165) is 5.22 Å². The monoisotopic (exact) mass is 302 g/mol. The maximum atomic E-state index is 4.13. The second kappa shape index (κ2) is 7.15. The summed E-state index contributed by atoms with van der Waals surface area (Å²) in [5, 5.41) is 2.53. The summed E-state index contributed by atoms with van der Waals surface area (Å²) in [5.41, 5.74) is 1.31. The number of hydrogen-bond acceptors (Lipinski definition) is 1. The van der Waals surface area contributed by atoms with Crippen molar-refractivity contribution in [1.29, 1.82) is 0 Å². The SMILES string of the molecule is C=c1cccc/c1=C\C(Sc1ccccc1)c1ccccc1. The molecule has 22 heavy (non-hydrogen) atoms. The third kappa shape index (κ3) is 3.69. The predicted molar refractivity (Wildman–Crippen MR) is 97.2 cm³/mol. The maximum Gasteiger partial charge on any atom is 0.0533 e. The highest BCUT2D eigenvalue weighted by atomic mass is 32.2. The van der Waals surface area contributed by atoms with Crippen LogP contribution in [0.2, 0.25) is 0 Å². The predicted octanol–water partition coefficient (Wildman–Crippen LogP) is 4.41. The molecule has 0 heterocycles. The van der Waals surface area contributed by atoms with Crippen molar-refractivity contribution in [2.75, 3.05) is 0 Å². The van der Waals surface area contributed by atoms with E-state index in [9.17, 15) is 0 Å². The first kappa shape index (κ1) is 14.7. The largest absolute Gasteiger partial charge is 0.114 e. The van der Waals surface area contributed by atoms with Gasteiger partial charge in [-0.05, 0) is 28.1 Å². The lowest BCUT2D eigenvalue weighted by Gasteiger charge is -2.13. The van der Waals surface area contributed by atoms with E-state index < -0.39 is 0 Å². The summed E-state index contributed by atoms with van der Waals surface area (Å²) < 4.78 is 0. The lowest BCUT2D eigenvalue weighted by atomic mass is 10.1. The van der Waals surface area contributed by atoms with Crippen LogP contribution in [-0.4, -0.2) is 0 Å². The Morgan fingerprint density at radius 2 is 1.32 bits per heavy atom. The van der Waals surface area contributed by atoms with Gasteiger partial charge in [0.25, 0.3) is 0 Å². The number of thioether (sulfide) groups is 1. The molecular weight excluding hydrogens is 284 g/mol. The molecule has 1 heteroatoms. The molecule has 0 N–H and O–H groups in total. The fraction of sp³-hybridized carbons (Fsp3) is 0.0476. The molecule has 0 amide bonds. The van der Waals surface area contributed by atoms with Crippen molar-refractivity contribution < 1.29 is 0 Å². The van der Waals surface area contributed by atoms with E-state index in [4.69, 9.17) is 0 Å². The van der Waals surface area contributed by atoms with Gasteiger partial charge in [-0.3, -0.25) is 0 Å². The zero-order valence-electron chi connectivity index (χ0n) is 12.4. The second-order valence-electron chi connectivity index (χ2n) is 5.13. The topological polar surface area (TPSA) is 0 Å². The van der Waals surface area contributed by atoms with Gasteiger partial charge >= 0.3 is 0 Å². The summed E-state index contributed by atoms with van der Waals surface area (Å²) in [6.07, 6.45) is 2.30. The Balaban J connectivity index is 2.02. The lowest BCUT2D eigenvalue weighted by Crippen LogP contribution is -2.22. The van der Waals surface area contributed by atoms with Crippen LogP contribution in [0.3, 0.4) is 0 Å². The summed E-state index contributed by atoms with van der Waals surface area (Å²) in [7, 11) is 0. The summed E-state index contributed by atoms with van der Waals surface area (Å²) >= 11 is 1.86. The Bertz CT molecular complexity index is 823. The Morgan fingerprint density at radius 3 is 2.00 bits per heavy atom. The van der Waals surface area contributed by atoms with Gasteiger partial charge in [0.1, 0.15) is 0 Å². The van der Waals surface area contributed by atoms with Gasteiger partial charge < -0.3 is 0 Å². The molecule has 0 radical (unpaired) electrons. The van der Waals surface area contributed by atoms with E-state index in [1.165, 1.54) is 15.7 Å². The zero-order valence-corrected chi connectivity index (χ0v) is 13.2. The van der Waals surface area contributed by atoms with Crippen LogP contribution in [0.5, 0.6) is 0 Å². The average molecular weight is 302 g/mol. The van der Waals surface area contributed by atoms with Crippen LogP contribution >= 0.6 is 11.8 Å². The molecule has 0 nitrogen and oxygen atoms in total. The zero-order chi connectivity index (χ0) is 15.2. The van der Waals surface area contributed by atoms with Gasteiger partial charge in [-0.1, -0.05) is 85.5 Å². The maximum absolute atomic E-state index is 4.13. The van der Waals surface area contributed by atoms with Gasteiger partial charge in [-0.15, -0.1) is 11.8 Å². The fourth-order valence-electron chi connectivity index (χ4n) is 2.35. The number of hydrogen-bond donors (Lipinski definition) is 0. The first-order valence-corrected chi connectivity index (χ1v) is 8.23. The van der Waals surface area contributed by atoms with Crippen LogP contribution in [0.15, 0.2) is 89.8 Å². The van der Waals surface area contributed by atoms with Crippen molar-refractivity contribution >= 4 is 24.4 Å². The normalized spacial score (nSPS) is 13.0. The van der Waals surface area contributed by atoms with Crippen LogP contribution in [0.1, 0.15) is 10.8 Å². The Labute approximate surface area is 135 Å². The third-order valence-corrected chi connectivity index (χ3v) is 4.73. The summed E-state index contributed by atoms with van der Waals surface area (Å²) in [6.45, 7) is 4.13. The van der Waals surface area contributed by atoms with E-state index in [2.05, 4.69) is 91.5 Å². The molecule has 3 rings (SSSR count). The quantitative estimate of drug-likeness (QED) is 0.643. The molecular formula is C21H18S. The minimum Gasteiger partial charge on any atom is -0.114 e. The summed E-state index contributed by atoms with van der Waals surface area (Å²) in [6, 6.07) is 29.4. The lowest BCUT2D eigenvalue weighted by molar-refractivity contribution is 1.27. The van der Waals surface area contributed by atoms with Crippen LogP contribution in [-0.2, 0) is 0 Å². The third-order valence-electron chi connectivity index (χ3n) is 3.52. The van der Waals surface area contributed by atoms with Crippen LogP contribution in [0.25, 0.3) is 12.7 Å². The van der Waals surface area contributed by atoms with Gasteiger partial charge in [0.05, 0.1) is 5.25 Å². The molecule has 0 saturated carbocycles. The highest BCUT2D eigenvalue weighted by Gasteiger charge is 2.09. The highest BCUT2D eigenvalue weighted by molar-refractivity contribution is 7.99. The van der Waals surface area contributed by atoms with Crippen molar-refractivity contribution in [3.8, 4) is 0 Å². The molecule has 0 bridgehead atoms. The smallest absolute Gasteiger partial charge is 0.0533 e. The average Bonchev–Trinajstić information content (AvgIpc) is 2.58. The molecule has 0 aliphatic heterocycles. The van der Waals surface area contributed by atoms with Crippen molar-refractivity contribution in [2.45, 2.75) is 10.1 Å². The molecule has 0 aliphatic rings. The minimum atomic E-state index is 0.270. The van der Waals surface area contributed by atoms with Crippen molar-refractivity contribution in [2.24, 2.45) is 0 Å². The van der Waals surface area contributed by atoms with Crippen LogP contribution < -0.4 is 10.4 Å². The Kier molecular flexibility index (Phi) is 4.77. The van der Waals surface area contributed by atoms with Crippen molar-refractivity contribution in [1.82, 2.24) is 0 Å². The second-order valence-corrected chi connectivity index (χ2v) is 6.34. The van der Waals surface area contributed by atoms with Crippen molar-refractivity contribution in [3.63, 3.8) is 0 Å². The molecule has 0 aromatic heterocycles. The Hall–Kier alpha value is -2.25. The van der Waals surface area contributed by atoms with E-state index in [1.807, 2.05) is 17.8 Å². The Morgan fingerprint density at radius 1 is 0.727 bits per heavy atom. The molecule has 0 saturated heterocycles. The summed E-state index contributed by atoms with van der Waals surface area (Å²) in [5.74, 6) is 0. The summed E-state index contributed by atoms with van der Waals surface area (Å²) in [4.78, 5) is 1.27. The standard InChI is InChI=1S/C21H18S/c1-17-10-8-9-13-19(17)16-21(18-11-4-2-5-12-18)22-20-14-6-3-7-15-20/h2-16,21H,1H2/b19-16+. The van der Waals surface area contributed by atoms with Gasteiger partial charge in [0.2, 0.25) is 0 Å². The van der Waals surface area contributed by atoms with Gasteiger partial charge in [0, 0.05) is 4.90 Å². The molecule has 1 unspecified atom stereocenters. The van der Waals surface area contributed by atoms with Crippen LogP contribution in [0.4, 0.5) is 0 Å². The van der Waals surface area contributed by atoms with Crippen molar-refractivity contribution in [3.05, 3.63) is 101 Å².